The fourth-order valence-corrected chi connectivity index (χ4v) is 3.80. The summed E-state index contributed by atoms with van der Waals surface area (Å²) in [5, 5.41) is 0. The summed E-state index contributed by atoms with van der Waals surface area (Å²) in [6.45, 7) is 13.1. The molecule has 0 radical (unpaired) electrons. The van der Waals surface area contributed by atoms with Gasteiger partial charge >= 0.3 is 0 Å². The molecule has 1 heteroatoms. The lowest BCUT2D eigenvalue weighted by Gasteiger charge is -2.41. The van der Waals surface area contributed by atoms with Gasteiger partial charge in [-0.05, 0) is 53.7 Å². The van der Waals surface area contributed by atoms with Crippen LogP contribution >= 0.6 is 0 Å². The molecule has 0 heterocycles. The molecule has 2 aliphatic rings. The first kappa shape index (κ1) is 14.3. The maximum atomic E-state index is 6.55. The highest BCUT2D eigenvalue weighted by Gasteiger charge is 2.35. The second-order valence-corrected chi connectivity index (χ2v) is 6.84. The fourth-order valence-electron chi connectivity index (χ4n) is 3.80. The summed E-state index contributed by atoms with van der Waals surface area (Å²) < 4.78 is 6.55. The lowest BCUT2D eigenvalue weighted by Crippen LogP contribution is -2.41. The van der Waals surface area contributed by atoms with E-state index in [-0.39, 0.29) is 11.2 Å². The minimum atomic E-state index is -0.188. The van der Waals surface area contributed by atoms with Gasteiger partial charge in [-0.15, -0.1) is 0 Å². The van der Waals surface area contributed by atoms with Crippen molar-refractivity contribution in [2.24, 2.45) is 0 Å². The Morgan fingerprint density at radius 1 is 0.789 bits per heavy atom. The molecule has 0 bridgehead atoms. The van der Waals surface area contributed by atoms with Crippen LogP contribution in [0.5, 0.6) is 0 Å². The quantitative estimate of drug-likeness (QED) is 0.668. The third-order valence-electron chi connectivity index (χ3n) is 3.74. The van der Waals surface area contributed by atoms with E-state index in [1.807, 2.05) is 0 Å². The van der Waals surface area contributed by atoms with E-state index >= 15 is 0 Å². The van der Waals surface area contributed by atoms with Crippen LogP contribution < -0.4 is 0 Å². The highest BCUT2D eigenvalue weighted by molar-refractivity contribution is 5.34. The van der Waals surface area contributed by atoms with Gasteiger partial charge in [0.2, 0.25) is 0 Å². The van der Waals surface area contributed by atoms with E-state index in [0.717, 1.165) is 12.8 Å². The van der Waals surface area contributed by atoms with Crippen LogP contribution in [0.3, 0.4) is 0 Å². The summed E-state index contributed by atoms with van der Waals surface area (Å²) in [5.41, 5.74) is 5.03. The standard InChI is InChI=1S/C18H26O/c1-13-7-14(2)10-17(5,9-13)19-18(6)11-15(3)8-16(4)12-18/h7-9,11H,10,12H2,1-6H3. The highest BCUT2D eigenvalue weighted by atomic mass is 16.5. The van der Waals surface area contributed by atoms with Gasteiger partial charge in [0.1, 0.15) is 0 Å². The molecular formula is C18H26O. The van der Waals surface area contributed by atoms with Crippen molar-refractivity contribution in [1.82, 2.24) is 0 Å². The topological polar surface area (TPSA) is 9.23 Å². The van der Waals surface area contributed by atoms with Gasteiger partial charge in [0, 0.05) is 12.8 Å². The SMILES string of the molecule is CC1=CC(C)(OC2(C)C=C(C)C=C(C)C2)CC(C)=C1. The average Bonchev–Trinajstić information content (AvgIpc) is 2.08. The molecule has 0 fully saturated rings. The number of hydrogen-bond acceptors (Lipinski definition) is 1. The van der Waals surface area contributed by atoms with Crippen LogP contribution in [0, 0.1) is 0 Å². The molecule has 0 saturated heterocycles. The summed E-state index contributed by atoms with van der Waals surface area (Å²) in [4.78, 5) is 0. The van der Waals surface area contributed by atoms with E-state index in [1.165, 1.54) is 22.3 Å². The zero-order valence-electron chi connectivity index (χ0n) is 13.1. The molecule has 0 amide bonds. The van der Waals surface area contributed by atoms with Gasteiger partial charge in [0.15, 0.2) is 0 Å². The Labute approximate surface area is 117 Å². The number of rotatable bonds is 2. The predicted molar refractivity (Wildman–Crippen MR) is 82.2 cm³/mol. The Morgan fingerprint density at radius 3 is 1.47 bits per heavy atom. The molecule has 19 heavy (non-hydrogen) atoms. The van der Waals surface area contributed by atoms with E-state index in [2.05, 4.69) is 65.8 Å². The van der Waals surface area contributed by atoms with Gasteiger partial charge in [-0.25, -0.2) is 0 Å². The van der Waals surface area contributed by atoms with Crippen molar-refractivity contribution in [3.05, 3.63) is 46.6 Å². The first-order chi connectivity index (χ1) is 8.70. The van der Waals surface area contributed by atoms with Gasteiger partial charge in [-0.2, -0.15) is 0 Å². The predicted octanol–water partition coefficient (Wildman–Crippen LogP) is 5.11. The molecule has 2 atom stereocenters. The molecule has 2 rings (SSSR count). The monoisotopic (exact) mass is 258 g/mol. The van der Waals surface area contributed by atoms with Gasteiger partial charge in [0.25, 0.3) is 0 Å². The van der Waals surface area contributed by atoms with Gasteiger partial charge in [-0.1, -0.05) is 34.4 Å². The molecule has 0 saturated carbocycles. The van der Waals surface area contributed by atoms with Crippen LogP contribution in [0.2, 0.25) is 0 Å². The van der Waals surface area contributed by atoms with Crippen LogP contribution in [0.4, 0.5) is 0 Å². The van der Waals surface area contributed by atoms with E-state index in [9.17, 15) is 0 Å². The normalized spacial score (nSPS) is 35.3. The minimum Gasteiger partial charge on any atom is -0.360 e. The van der Waals surface area contributed by atoms with E-state index in [0.29, 0.717) is 0 Å². The lowest BCUT2D eigenvalue weighted by molar-refractivity contribution is -0.0896. The zero-order valence-corrected chi connectivity index (χ0v) is 13.1. The third-order valence-corrected chi connectivity index (χ3v) is 3.74. The van der Waals surface area contributed by atoms with Crippen molar-refractivity contribution < 1.29 is 4.74 Å². The molecule has 0 spiro atoms. The second kappa shape index (κ2) is 4.79. The number of allylic oxidation sites excluding steroid dienone is 4. The Balaban J connectivity index is 2.22. The van der Waals surface area contributed by atoms with Crippen LogP contribution in [0.15, 0.2) is 46.6 Å². The Bertz CT molecular complexity index is 458. The molecule has 2 aliphatic carbocycles. The van der Waals surface area contributed by atoms with Crippen LogP contribution in [0.1, 0.15) is 54.4 Å². The summed E-state index contributed by atoms with van der Waals surface area (Å²) in [6, 6.07) is 0. The Hall–Kier alpha value is -1.08. The van der Waals surface area contributed by atoms with Gasteiger partial charge in [0.05, 0.1) is 11.2 Å². The maximum Gasteiger partial charge on any atom is 0.0888 e. The van der Waals surface area contributed by atoms with Gasteiger partial charge in [-0.3, -0.25) is 0 Å². The molecule has 104 valence electrons. The smallest absolute Gasteiger partial charge is 0.0888 e. The van der Waals surface area contributed by atoms with Crippen molar-refractivity contribution in [3.63, 3.8) is 0 Å². The Kier molecular flexibility index (Phi) is 3.61. The average molecular weight is 258 g/mol. The van der Waals surface area contributed by atoms with Crippen molar-refractivity contribution in [3.8, 4) is 0 Å². The molecular weight excluding hydrogens is 232 g/mol. The fraction of sp³-hybridized carbons (Fsp3) is 0.556. The summed E-state index contributed by atoms with van der Waals surface area (Å²) >= 11 is 0. The first-order valence-electron chi connectivity index (χ1n) is 7.13. The van der Waals surface area contributed by atoms with E-state index < -0.39 is 0 Å². The van der Waals surface area contributed by atoms with Gasteiger partial charge < -0.3 is 4.74 Å². The second-order valence-electron chi connectivity index (χ2n) is 6.84. The minimum absolute atomic E-state index is 0.188. The highest BCUT2D eigenvalue weighted by Crippen LogP contribution is 2.38. The first-order valence-corrected chi connectivity index (χ1v) is 7.13. The molecule has 0 aromatic carbocycles. The number of ether oxygens (including phenoxy) is 1. The van der Waals surface area contributed by atoms with Crippen molar-refractivity contribution in [2.75, 3.05) is 0 Å². The molecule has 2 unspecified atom stereocenters. The lowest BCUT2D eigenvalue weighted by atomic mass is 9.85. The Morgan fingerprint density at radius 2 is 1.16 bits per heavy atom. The van der Waals surface area contributed by atoms with Crippen molar-refractivity contribution in [2.45, 2.75) is 65.6 Å². The van der Waals surface area contributed by atoms with E-state index in [1.54, 1.807) is 0 Å². The maximum absolute atomic E-state index is 6.55. The molecule has 0 aromatic heterocycles. The molecule has 0 N–H and O–H groups in total. The summed E-state index contributed by atoms with van der Waals surface area (Å²) in [7, 11) is 0. The van der Waals surface area contributed by atoms with E-state index in [4.69, 9.17) is 4.74 Å². The zero-order chi connectivity index (χ0) is 14.3. The van der Waals surface area contributed by atoms with Crippen molar-refractivity contribution >= 4 is 0 Å². The molecule has 1 nitrogen and oxygen atoms in total. The molecule has 0 aromatic rings. The largest absolute Gasteiger partial charge is 0.360 e. The van der Waals surface area contributed by atoms with Crippen molar-refractivity contribution in [1.29, 1.82) is 0 Å². The third kappa shape index (κ3) is 3.48. The van der Waals surface area contributed by atoms with Crippen LogP contribution in [-0.4, -0.2) is 11.2 Å². The van der Waals surface area contributed by atoms with Crippen LogP contribution in [0.25, 0.3) is 0 Å². The van der Waals surface area contributed by atoms with Crippen LogP contribution in [-0.2, 0) is 4.74 Å². The number of hydrogen-bond donors (Lipinski definition) is 0. The summed E-state index contributed by atoms with van der Waals surface area (Å²) in [5.74, 6) is 0. The molecule has 0 aliphatic heterocycles. The summed E-state index contributed by atoms with van der Waals surface area (Å²) in [6.07, 6.45) is 11.0.